The SMILES string of the molecule is CC1CCC(C(C)C)C(C(c2ccccc2)(c2cc(-n3nc4ccccc4n3)c(O)c(C(c3ccccc3)(C3CC(C)CCC3C(C)C)C3CC(C)CCC3C(C)C)c2)C2CC(C)CCC2C(C)C)C1. The lowest BCUT2D eigenvalue weighted by molar-refractivity contribution is -0.00403. The van der Waals surface area contributed by atoms with E-state index in [1.165, 1.54) is 80.9 Å². The number of hydrogen-bond donors (Lipinski definition) is 1. The molecule has 4 aliphatic carbocycles. The molecular formula is C66H93N3O. The number of phenolic OH excluding ortho intramolecular Hbond substituents is 1. The highest BCUT2D eigenvalue weighted by Gasteiger charge is 2.60. The van der Waals surface area contributed by atoms with Gasteiger partial charge in [-0.2, -0.15) is 0 Å². The van der Waals surface area contributed by atoms with Crippen LogP contribution in [0.25, 0.3) is 16.7 Å². The molecular weight excluding hydrogens is 851 g/mol. The highest BCUT2D eigenvalue weighted by Crippen LogP contribution is 2.66. The van der Waals surface area contributed by atoms with Crippen LogP contribution in [0.2, 0.25) is 0 Å². The van der Waals surface area contributed by atoms with E-state index in [1.807, 2.05) is 4.80 Å². The number of phenols is 1. The lowest BCUT2D eigenvalue weighted by Crippen LogP contribution is -2.55. The molecule has 4 aliphatic rings. The minimum atomic E-state index is -0.479. The summed E-state index contributed by atoms with van der Waals surface area (Å²) in [6.07, 6.45) is 14.8. The fourth-order valence-corrected chi connectivity index (χ4v) is 17.2. The molecule has 0 radical (unpaired) electrons. The predicted octanol–water partition coefficient (Wildman–Crippen LogP) is 17.5. The zero-order valence-corrected chi connectivity index (χ0v) is 45.7. The van der Waals surface area contributed by atoms with Crippen molar-refractivity contribution >= 4 is 11.0 Å². The average Bonchev–Trinajstić information content (AvgIpc) is 3.78. The maximum atomic E-state index is 14.3. The van der Waals surface area contributed by atoms with Crippen LogP contribution in [-0.2, 0) is 10.8 Å². The topological polar surface area (TPSA) is 50.9 Å². The summed E-state index contributed by atoms with van der Waals surface area (Å²) < 4.78 is 0. The molecule has 4 heteroatoms. The van der Waals surface area contributed by atoms with Crippen LogP contribution in [0.4, 0.5) is 0 Å². The van der Waals surface area contributed by atoms with Crippen LogP contribution in [0.15, 0.2) is 97.1 Å². The summed E-state index contributed by atoms with van der Waals surface area (Å²) in [4.78, 5) is 1.87. The van der Waals surface area contributed by atoms with Crippen LogP contribution >= 0.6 is 0 Å². The lowest BCUT2D eigenvalue weighted by atomic mass is 9.44. The second-order valence-corrected chi connectivity index (χ2v) is 26.1. The lowest BCUT2D eigenvalue weighted by Gasteiger charge is -2.59. The number of aromatic nitrogens is 3. The van der Waals surface area contributed by atoms with Crippen molar-refractivity contribution in [3.63, 3.8) is 0 Å². The van der Waals surface area contributed by atoms with Crippen LogP contribution in [0.5, 0.6) is 5.75 Å². The Morgan fingerprint density at radius 3 is 1.11 bits per heavy atom. The van der Waals surface area contributed by atoms with Crippen LogP contribution in [-0.4, -0.2) is 20.1 Å². The number of nitrogens with zero attached hydrogens (tertiary/aromatic N) is 3. The molecule has 0 bridgehead atoms. The number of hydrogen-bond acceptors (Lipinski definition) is 3. The molecule has 0 amide bonds. The fraction of sp³-hybridized carbons (Fsp3) is 0.636. The average molecular weight is 944 g/mol. The Morgan fingerprint density at radius 1 is 0.429 bits per heavy atom. The van der Waals surface area contributed by atoms with Crippen LogP contribution in [0.3, 0.4) is 0 Å². The molecule has 70 heavy (non-hydrogen) atoms. The first-order chi connectivity index (χ1) is 33.6. The molecule has 12 unspecified atom stereocenters. The van der Waals surface area contributed by atoms with E-state index in [9.17, 15) is 5.11 Å². The molecule has 12 atom stereocenters. The fourth-order valence-electron chi connectivity index (χ4n) is 17.2. The van der Waals surface area contributed by atoms with E-state index < -0.39 is 5.41 Å². The summed E-state index contributed by atoms with van der Waals surface area (Å²) in [6.45, 7) is 30.4. The molecule has 0 saturated heterocycles. The summed E-state index contributed by atoms with van der Waals surface area (Å²) in [5.41, 5.74) is 7.13. The maximum Gasteiger partial charge on any atom is 0.147 e. The Hall–Kier alpha value is -3.92. The highest BCUT2D eigenvalue weighted by atomic mass is 16.3. The number of fused-ring (bicyclic) bond motifs is 1. The van der Waals surface area contributed by atoms with Gasteiger partial charge in [-0.05, 0) is 181 Å². The van der Waals surface area contributed by atoms with Gasteiger partial charge in [0, 0.05) is 16.4 Å². The van der Waals surface area contributed by atoms with E-state index in [4.69, 9.17) is 10.2 Å². The van der Waals surface area contributed by atoms with Gasteiger partial charge in [-0.1, -0.05) is 188 Å². The van der Waals surface area contributed by atoms with Crippen molar-refractivity contribution in [1.29, 1.82) is 0 Å². The number of rotatable bonds is 13. The zero-order chi connectivity index (χ0) is 49.6. The molecule has 4 aromatic carbocycles. The van der Waals surface area contributed by atoms with Gasteiger partial charge in [0.15, 0.2) is 0 Å². The predicted molar refractivity (Wildman–Crippen MR) is 294 cm³/mol. The van der Waals surface area contributed by atoms with Crippen LogP contribution < -0.4 is 0 Å². The van der Waals surface area contributed by atoms with E-state index in [2.05, 4.69) is 180 Å². The van der Waals surface area contributed by atoms with Gasteiger partial charge in [-0.15, -0.1) is 15.0 Å². The summed E-state index contributed by atoms with van der Waals surface area (Å²) >= 11 is 0. The molecule has 4 saturated carbocycles. The van der Waals surface area contributed by atoms with Gasteiger partial charge in [0.25, 0.3) is 0 Å². The molecule has 4 fully saturated rings. The van der Waals surface area contributed by atoms with Gasteiger partial charge in [0.05, 0.1) is 0 Å². The van der Waals surface area contributed by atoms with Gasteiger partial charge < -0.3 is 5.11 Å². The third-order valence-electron chi connectivity index (χ3n) is 20.4. The molecule has 1 aromatic heterocycles. The minimum Gasteiger partial charge on any atom is -0.505 e. The molecule has 378 valence electrons. The normalized spacial score (nSPS) is 31.8. The second-order valence-electron chi connectivity index (χ2n) is 26.1. The highest BCUT2D eigenvalue weighted by molar-refractivity contribution is 5.74. The van der Waals surface area contributed by atoms with E-state index in [-0.39, 0.29) is 5.41 Å². The van der Waals surface area contributed by atoms with Crippen LogP contribution in [0.1, 0.15) is 182 Å². The summed E-state index contributed by atoms with van der Waals surface area (Å²) in [5, 5.41) is 25.0. The van der Waals surface area contributed by atoms with E-state index in [0.717, 1.165) is 35.1 Å². The van der Waals surface area contributed by atoms with E-state index in [1.54, 1.807) is 0 Å². The molecule has 1 N–H and O–H groups in total. The largest absolute Gasteiger partial charge is 0.505 e. The summed E-state index contributed by atoms with van der Waals surface area (Å²) in [6, 6.07) is 37.4. The first kappa shape index (κ1) is 51.0. The zero-order valence-electron chi connectivity index (χ0n) is 45.7. The number of aromatic hydroxyl groups is 1. The first-order valence-corrected chi connectivity index (χ1v) is 28.9. The van der Waals surface area contributed by atoms with Gasteiger partial charge >= 0.3 is 0 Å². The molecule has 1 heterocycles. The Balaban J connectivity index is 1.52. The smallest absolute Gasteiger partial charge is 0.147 e. The van der Waals surface area contributed by atoms with Crippen LogP contribution in [0, 0.1) is 94.7 Å². The first-order valence-electron chi connectivity index (χ1n) is 28.9. The second kappa shape index (κ2) is 20.9. The van der Waals surface area contributed by atoms with Crippen molar-refractivity contribution in [3.05, 3.63) is 119 Å². The van der Waals surface area contributed by atoms with Crippen molar-refractivity contribution in [2.24, 2.45) is 94.7 Å². The standard InChI is InChI=1S/C66H93N3O/c1-41(2)52-31-27-45(9)35-56(52)65(49-21-15-13-16-22-49,57-36-46(10)28-32-53(57)42(3)4)51-39-60(64(70)63(40-51)69-67-61-25-19-20-26-62(61)68-69)66(50-23-17-14-18-24-50,58-37-47(11)29-33-54(58)43(5)6)59-38-48(12)30-34-55(59)44(7)8/h13-26,39-48,52-59,70H,27-38H2,1-12H3. The van der Waals surface area contributed by atoms with Gasteiger partial charge in [-0.3, -0.25) is 0 Å². The molecule has 4 nitrogen and oxygen atoms in total. The van der Waals surface area contributed by atoms with Crippen molar-refractivity contribution in [2.75, 3.05) is 0 Å². The Labute approximate surface area is 425 Å². The molecule has 9 rings (SSSR count). The Bertz CT molecular complexity index is 2390. The van der Waals surface area contributed by atoms with Gasteiger partial charge in [0.1, 0.15) is 22.5 Å². The molecule has 5 aromatic rings. The minimum absolute atomic E-state index is 0.330. The van der Waals surface area contributed by atoms with Crippen molar-refractivity contribution in [3.8, 4) is 11.4 Å². The van der Waals surface area contributed by atoms with Crippen molar-refractivity contribution in [1.82, 2.24) is 15.0 Å². The number of benzene rings is 4. The molecule has 0 spiro atoms. The van der Waals surface area contributed by atoms with Crippen molar-refractivity contribution < 1.29 is 5.11 Å². The monoisotopic (exact) mass is 944 g/mol. The summed E-state index contributed by atoms with van der Waals surface area (Å²) in [7, 11) is 0. The third kappa shape index (κ3) is 9.13. The third-order valence-corrected chi connectivity index (χ3v) is 20.4. The van der Waals surface area contributed by atoms with Crippen molar-refractivity contribution in [2.45, 2.75) is 171 Å². The van der Waals surface area contributed by atoms with Gasteiger partial charge in [0.2, 0.25) is 0 Å². The van der Waals surface area contributed by atoms with E-state index in [0.29, 0.717) is 100 Å². The Kier molecular flexibility index (Phi) is 15.2. The molecule has 0 aliphatic heterocycles. The quantitative estimate of drug-likeness (QED) is 0.128. The van der Waals surface area contributed by atoms with Gasteiger partial charge in [-0.25, -0.2) is 0 Å². The maximum absolute atomic E-state index is 14.3. The van der Waals surface area contributed by atoms with E-state index >= 15 is 0 Å². The summed E-state index contributed by atoms with van der Waals surface area (Å²) in [5.74, 6) is 8.56. The Morgan fingerprint density at radius 2 is 0.757 bits per heavy atom.